The molecule has 2 aromatic carbocycles. The maximum absolute atomic E-state index is 14.9. The number of ether oxygens (including phenoxy) is 16. The molecule has 1 aromatic heterocycles. The first-order chi connectivity index (χ1) is 62.5. The molecule has 2 saturated heterocycles. The van der Waals surface area contributed by atoms with Crippen molar-refractivity contribution in [1.82, 2.24) is 20.1 Å². The van der Waals surface area contributed by atoms with Gasteiger partial charge in [-0.3, -0.25) is 28.8 Å². The molecule has 0 radical (unpaired) electrons. The van der Waals surface area contributed by atoms with Crippen LogP contribution in [0.4, 0.5) is 5.82 Å². The van der Waals surface area contributed by atoms with E-state index in [9.17, 15) is 52.2 Å². The van der Waals surface area contributed by atoms with Crippen LogP contribution in [0.1, 0.15) is 166 Å². The van der Waals surface area contributed by atoms with Crippen LogP contribution in [0, 0.1) is 42.4 Å². The summed E-state index contributed by atoms with van der Waals surface area (Å²) >= 11 is 0. The number of carbonyl (C=O) groups excluding carboxylic acids is 7. The second kappa shape index (κ2) is 56.4. The van der Waals surface area contributed by atoms with E-state index in [0.29, 0.717) is 211 Å². The van der Waals surface area contributed by atoms with Crippen molar-refractivity contribution in [2.45, 2.75) is 224 Å². The maximum Gasteiger partial charge on any atom is 0.329 e. The lowest BCUT2D eigenvalue weighted by atomic mass is 9.78. The number of hydrogen-bond donors (Lipinski definition) is 4. The largest absolute Gasteiger partial charge is 0.491 e. The van der Waals surface area contributed by atoms with E-state index < -0.39 is 100.0 Å². The average Bonchev–Trinajstić information content (AvgIpc) is 0.867. The summed E-state index contributed by atoms with van der Waals surface area (Å²) in [5.74, 6) is -7.51. The number of anilines is 1. The van der Waals surface area contributed by atoms with E-state index in [2.05, 4.69) is 10.3 Å². The number of aliphatic hydroxyl groups is 2. The Kier molecular flexibility index (Phi) is 46.6. The Morgan fingerprint density at radius 2 is 1.32 bits per heavy atom. The van der Waals surface area contributed by atoms with E-state index in [-0.39, 0.29) is 110 Å². The minimum Gasteiger partial charge on any atom is -0.491 e. The predicted octanol–water partition coefficient (Wildman–Crippen LogP) is 10.1. The Labute approximate surface area is 768 Å². The highest BCUT2D eigenvalue weighted by atomic mass is 32.2. The van der Waals surface area contributed by atoms with Gasteiger partial charge in [-0.05, 0) is 174 Å². The number of aliphatic hydroxyl groups excluding tert-OH is 1. The lowest BCUT2D eigenvalue weighted by Crippen LogP contribution is -2.61. The molecule has 32 nitrogen and oxygen atoms in total. The molecule has 1 aliphatic carbocycles. The van der Waals surface area contributed by atoms with Gasteiger partial charge in [0.15, 0.2) is 15.6 Å². The van der Waals surface area contributed by atoms with Gasteiger partial charge in [-0.1, -0.05) is 77.1 Å². The Morgan fingerprint density at radius 3 is 1.94 bits per heavy atom. The SMILES string of the molecule is CO[C@H]1C[C@@H]2CC[C@@H](C)[C@@](O)(O2)C(=O)C(=O)N2CCCC[C@H]2C(=O)O[C@H]([C@H](C)C[C@@H]2CC[C@@H](OC(=O)CCCOCCOCCOCCOCCOCCOCCOCCOCCC(=O)NCCS(=O)(=O)c3ccc(C(=O)N4CCOc5ccc(-c6ccc(N)nc6)cc5C4)c(C)c3)[C@H](OC)C2)C[C@@H](OC)[C@H](C)/C=C(\C)[C@@H](O)[C@@H](OC)C(=O)[C@H](C)C[C@H](C)/C=C/C=C/C=C/1C. The molecule has 5 aliphatic rings. The summed E-state index contributed by atoms with van der Waals surface area (Å²) in [5, 5.41) is 26.6. The Morgan fingerprint density at radius 1 is 0.669 bits per heavy atom. The van der Waals surface area contributed by atoms with Gasteiger partial charge in [-0.15, -0.1) is 0 Å². The molecule has 2 bridgehead atoms. The Balaban J connectivity index is 0.649. The summed E-state index contributed by atoms with van der Waals surface area (Å²) in [6, 6.07) is 12.7. The number of Topliss-reactive ketones (excluding diaryl/α,β-unsaturated/α-hetero) is 2. The van der Waals surface area contributed by atoms with Crippen molar-refractivity contribution >= 4 is 56.9 Å². The molecular formula is C97H145N5O27S. The number of sulfone groups is 1. The fourth-order valence-electron chi connectivity index (χ4n) is 17.1. The summed E-state index contributed by atoms with van der Waals surface area (Å²) in [5.41, 5.74) is 10.6. The fourth-order valence-corrected chi connectivity index (χ4v) is 18.4. The van der Waals surface area contributed by atoms with Crippen molar-refractivity contribution in [3.8, 4) is 16.9 Å². The molecule has 726 valence electrons. The Hall–Kier alpha value is -7.81. The smallest absolute Gasteiger partial charge is 0.329 e. The van der Waals surface area contributed by atoms with Crippen LogP contribution in [0.25, 0.3) is 11.1 Å². The zero-order valence-corrected chi connectivity index (χ0v) is 79.2. The van der Waals surface area contributed by atoms with Gasteiger partial charge in [0.25, 0.3) is 17.6 Å². The number of aryl methyl sites for hydroxylation is 1. The van der Waals surface area contributed by atoms with Gasteiger partial charge in [0.05, 0.1) is 141 Å². The summed E-state index contributed by atoms with van der Waals surface area (Å²) < 4.78 is 120. The number of allylic oxidation sites excluding steroid dienone is 5. The molecule has 16 atom stereocenters. The van der Waals surface area contributed by atoms with Gasteiger partial charge in [-0.2, -0.15) is 0 Å². The number of esters is 2. The maximum atomic E-state index is 14.9. The minimum atomic E-state index is -3.78. The van der Waals surface area contributed by atoms with Crippen LogP contribution in [0.15, 0.2) is 107 Å². The van der Waals surface area contributed by atoms with E-state index in [1.165, 1.54) is 30.2 Å². The monoisotopic (exact) mass is 1840 g/mol. The van der Waals surface area contributed by atoms with Crippen molar-refractivity contribution in [3.05, 3.63) is 119 Å². The number of rotatable bonds is 42. The summed E-state index contributed by atoms with van der Waals surface area (Å²) in [6.07, 6.45) is 13.6. The number of nitrogens with zero attached hydrogens (tertiary/aromatic N) is 3. The summed E-state index contributed by atoms with van der Waals surface area (Å²) in [4.78, 5) is 105. The molecule has 3 aromatic rings. The average molecular weight is 1850 g/mol. The van der Waals surface area contributed by atoms with Gasteiger partial charge in [0.1, 0.15) is 48.6 Å². The molecule has 130 heavy (non-hydrogen) atoms. The van der Waals surface area contributed by atoms with Gasteiger partial charge in [0.2, 0.25) is 11.7 Å². The lowest BCUT2D eigenvalue weighted by Gasteiger charge is -2.43. The van der Waals surface area contributed by atoms with Crippen LogP contribution in [-0.4, -0.2) is 301 Å². The van der Waals surface area contributed by atoms with Crippen molar-refractivity contribution < 1.29 is 128 Å². The van der Waals surface area contributed by atoms with Crippen molar-refractivity contribution in [3.63, 3.8) is 0 Å². The van der Waals surface area contributed by atoms with Crippen LogP contribution in [0.2, 0.25) is 0 Å². The number of fused-ring (bicyclic) bond motifs is 4. The van der Waals surface area contributed by atoms with Crippen molar-refractivity contribution in [2.24, 2.45) is 35.5 Å². The first kappa shape index (κ1) is 108. The molecule has 0 unspecified atom stereocenters. The zero-order valence-electron chi connectivity index (χ0n) is 78.4. The van der Waals surface area contributed by atoms with Gasteiger partial charge >= 0.3 is 11.9 Å². The predicted molar refractivity (Wildman–Crippen MR) is 486 cm³/mol. The van der Waals surface area contributed by atoms with Crippen molar-refractivity contribution in [1.29, 1.82) is 0 Å². The minimum absolute atomic E-state index is 0.00695. The van der Waals surface area contributed by atoms with Crippen molar-refractivity contribution in [2.75, 3.05) is 172 Å². The molecule has 33 heteroatoms. The molecular weight excluding hydrogens is 1700 g/mol. The van der Waals surface area contributed by atoms with Crippen LogP contribution < -0.4 is 15.8 Å². The van der Waals surface area contributed by atoms with Gasteiger partial charge < -0.3 is 107 Å². The lowest BCUT2D eigenvalue weighted by molar-refractivity contribution is -0.265. The van der Waals surface area contributed by atoms with Crippen LogP contribution in [0.3, 0.4) is 0 Å². The van der Waals surface area contributed by atoms with E-state index in [1.807, 2.05) is 95.3 Å². The number of ketones is 2. The molecule has 1 saturated carbocycles. The number of carbonyl (C=O) groups is 7. The normalized spacial score (nSPS) is 27.2. The Bertz CT molecular complexity index is 4260. The third kappa shape index (κ3) is 34.3. The fraction of sp³-hybridized carbons (Fsp3) is 0.670. The number of pyridine rings is 1. The van der Waals surface area contributed by atoms with E-state index in [0.717, 1.165) is 22.3 Å². The molecule has 3 amide bonds. The quantitative estimate of drug-likeness (QED) is 0.0177. The highest BCUT2D eigenvalue weighted by molar-refractivity contribution is 7.91. The highest BCUT2D eigenvalue weighted by Gasteiger charge is 2.53. The molecule has 5 N–H and O–H groups in total. The number of cyclic esters (lactones) is 1. The first-order valence-electron chi connectivity index (χ1n) is 46.2. The summed E-state index contributed by atoms with van der Waals surface area (Å²) in [6.45, 7) is 21.2. The summed E-state index contributed by atoms with van der Waals surface area (Å²) in [7, 11) is 2.38. The van der Waals surface area contributed by atoms with E-state index in [1.54, 1.807) is 59.3 Å². The van der Waals surface area contributed by atoms with Gasteiger partial charge in [-0.25, -0.2) is 18.2 Å². The van der Waals surface area contributed by atoms with Crippen LogP contribution in [0.5, 0.6) is 5.75 Å². The van der Waals surface area contributed by atoms with Crippen LogP contribution >= 0.6 is 0 Å². The topological polar surface area (TPSA) is 399 Å². The first-order valence-corrected chi connectivity index (χ1v) is 47.8. The third-order valence-corrected chi connectivity index (χ3v) is 26.6. The van der Waals surface area contributed by atoms with E-state index in [4.69, 9.17) is 81.5 Å². The molecule has 5 heterocycles. The second-order valence-corrected chi connectivity index (χ2v) is 36.8. The number of nitrogens with one attached hydrogen (secondary N) is 1. The van der Waals surface area contributed by atoms with E-state index >= 15 is 0 Å². The number of hydrogen-bond acceptors (Lipinski definition) is 29. The highest BCUT2D eigenvalue weighted by Crippen LogP contribution is 2.40. The molecule has 8 rings (SSSR count). The molecule has 3 fully saturated rings. The number of aromatic nitrogens is 1. The third-order valence-electron chi connectivity index (χ3n) is 24.9. The number of piperidine rings is 1. The number of methoxy groups -OCH3 is 4. The van der Waals surface area contributed by atoms with Gasteiger partial charge in [0, 0.05) is 121 Å². The number of amides is 3. The number of nitrogen functional groups attached to an aromatic ring is 1. The molecule has 0 spiro atoms. The standard InChI is InChI=1S/C97H145N5O27S/c1-65-19-14-13-15-20-66(2)83(114-9)61-77-27-23-72(8)97(111,129-77)93(107)95(109)102-35-17-16-21-80(102)96(110)128-85(62-84(115-10)68(4)56-71(7)91(106)92(117-12)90(105)70(6)55-65)69(5)57-73-24-30-82(86(59-73)116-11)127-89(104)22-18-37-118-40-42-120-44-46-122-48-50-124-52-53-125-51-49-123-47-45-121-43-41-119-38-33-88(103)99-34-54-130(112,113)78-28-29-79(67(3)58-78)94(108)101-36-39-126-81-31-25-74(60-76(81)64-101)75-26-32-87(98)100-63-75/h13-15,19-20,25-26,28-29,31-32,56,58,60,63,65,68-70,72-73,77,80,82-86,91-92,106,111H,16-18,21-24,27,30,33-55,57,59,61-62,64H2,1-12H3,(H2,98,100)(H,99,103)/b15-13+,19-14+,66-20+,71-56+/t65-,68-,69-,70-,72-,73+,77+,80+,82-,83+,84-,85+,86-,91-,92+,97-/m1/s1. The number of nitrogens with two attached hydrogens (primary N) is 1. The zero-order chi connectivity index (χ0) is 94.1. The molecule has 4 aliphatic heterocycles. The van der Waals surface area contributed by atoms with Crippen LogP contribution in [-0.2, 0) is 116 Å². The number of benzene rings is 2. The second-order valence-electron chi connectivity index (χ2n) is 34.7.